The number of thiazole rings is 1. The van der Waals surface area contributed by atoms with E-state index in [1.54, 1.807) is 17.5 Å². The number of para-hydroxylation sites is 2. The highest BCUT2D eigenvalue weighted by molar-refractivity contribution is 7.09. The highest BCUT2D eigenvalue weighted by Crippen LogP contribution is 2.31. The van der Waals surface area contributed by atoms with Crippen molar-refractivity contribution in [3.05, 3.63) is 76.7 Å². The number of ether oxygens (including phenoxy) is 2. The fourth-order valence-electron chi connectivity index (χ4n) is 3.02. The molecule has 1 aliphatic heterocycles. The van der Waals surface area contributed by atoms with Gasteiger partial charge in [-0.25, -0.2) is 4.98 Å². The molecule has 2 heterocycles. The van der Waals surface area contributed by atoms with Gasteiger partial charge in [0.1, 0.15) is 11.6 Å². The number of amides is 1. The van der Waals surface area contributed by atoms with Gasteiger partial charge in [-0.1, -0.05) is 42.5 Å². The van der Waals surface area contributed by atoms with Crippen LogP contribution in [0.4, 0.5) is 0 Å². The van der Waals surface area contributed by atoms with Crippen LogP contribution in [0.5, 0.6) is 11.5 Å². The molecule has 138 valence electrons. The third-order valence-corrected chi connectivity index (χ3v) is 5.18. The Labute approximate surface area is 162 Å². The molecule has 0 spiro atoms. The van der Waals surface area contributed by atoms with Gasteiger partial charge in [-0.05, 0) is 24.1 Å². The van der Waals surface area contributed by atoms with Gasteiger partial charge >= 0.3 is 0 Å². The molecule has 0 fully saturated rings. The highest BCUT2D eigenvalue weighted by Gasteiger charge is 2.31. The van der Waals surface area contributed by atoms with E-state index < -0.39 is 6.10 Å². The standard InChI is InChI=1S/C21H20N2O3S/c24-21(19-15-25-17-8-4-5-9-18(17)26-19)23(14-20-22-11-13-27-20)12-10-16-6-2-1-3-7-16/h1-9,11,13,19H,10,12,14-15H2. The summed E-state index contributed by atoms with van der Waals surface area (Å²) < 4.78 is 11.6. The van der Waals surface area contributed by atoms with Gasteiger partial charge < -0.3 is 14.4 Å². The molecular weight excluding hydrogens is 360 g/mol. The summed E-state index contributed by atoms with van der Waals surface area (Å²) in [5.41, 5.74) is 1.19. The van der Waals surface area contributed by atoms with Gasteiger partial charge in [-0.2, -0.15) is 0 Å². The summed E-state index contributed by atoms with van der Waals surface area (Å²) in [6, 6.07) is 17.6. The van der Waals surface area contributed by atoms with E-state index in [0.717, 1.165) is 11.4 Å². The number of aromatic nitrogens is 1. The topological polar surface area (TPSA) is 51.7 Å². The van der Waals surface area contributed by atoms with Gasteiger partial charge in [0.15, 0.2) is 11.5 Å². The number of carbonyl (C=O) groups excluding carboxylic acids is 1. The summed E-state index contributed by atoms with van der Waals surface area (Å²) in [6.07, 6.45) is 1.90. The second kappa shape index (κ2) is 8.22. The minimum atomic E-state index is -0.643. The van der Waals surface area contributed by atoms with Crippen LogP contribution in [0.1, 0.15) is 10.6 Å². The molecule has 0 N–H and O–H groups in total. The maximum atomic E-state index is 13.2. The quantitative estimate of drug-likeness (QED) is 0.656. The molecule has 2 aromatic carbocycles. The summed E-state index contributed by atoms with van der Waals surface area (Å²) >= 11 is 1.55. The van der Waals surface area contributed by atoms with E-state index in [9.17, 15) is 4.79 Å². The first-order valence-corrected chi connectivity index (χ1v) is 9.77. The smallest absolute Gasteiger partial charge is 0.267 e. The zero-order valence-electron chi connectivity index (χ0n) is 14.8. The molecule has 1 unspecified atom stereocenters. The molecule has 0 bridgehead atoms. The van der Waals surface area contributed by atoms with Crippen LogP contribution in [0.25, 0.3) is 0 Å². The Morgan fingerprint density at radius 1 is 1.11 bits per heavy atom. The summed E-state index contributed by atoms with van der Waals surface area (Å²) in [5.74, 6) is 1.22. The van der Waals surface area contributed by atoms with Crippen molar-refractivity contribution in [2.45, 2.75) is 19.1 Å². The van der Waals surface area contributed by atoms with Crippen LogP contribution in [-0.4, -0.2) is 35.0 Å². The number of benzene rings is 2. The minimum Gasteiger partial charge on any atom is -0.485 e. The summed E-state index contributed by atoms with van der Waals surface area (Å²) in [4.78, 5) is 19.3. The van der Waals surface area contributed by atoms with Gasteiger partial charge in [-0.3, -0.25) is 4.79 Å². The molecular formula is C21H20N2O3S. The van der Waals surface area contributed by atoms with Crippen molar-refractivity contribution in [2.75, 3.05) is 13.2 Å². The number of hydrogen-bond donors (Lipinski definition) is 0. The Bertz CT molecular complexity index is 883. The normalized spacial score (nSPS) is 15.3. The SMILES string of the molecule is O=C(C1COc2ccccc2O1)N(CCc1ccccc1)Cc1nccs1. The second-order valence-electron chi connectivity index (χ2n) is 6.29. The first kappa shape index (κ1) is 17.5. The first-order chi connectivity index (χ1) is 13.3. The predicted octanol–water partition coefficient (Wildman–Crippen LogP) is 3.55. The number of nitrogens with zero attached hydrogens (tertiary/aromatic N) is 2. The lowest BCUT2D eigenvalue weighted by Crippen LogP contribution is -2.46. The zero-order valence-corrected chi connectivity index (χ0v) is 15.6. The van der Waals surface area contributed by atoms with Gasteiger partial charge in [0.05, 0.1) is 6.54 Å². The van der Waals surface area contributed by atoms with Crippen LogP contribution in [-0.2, 0) is 17.8 Å². The van der Waals surface area contributed by atoms with Gasteiger partial charge in [0.2, 0.25) is 6.10 Å². The first-order valence-electron chi connectivity index (χ1n) is 8.89. The van der Waals surface area contributed by atoms with Crippen LogP contribution in [0, 0.1) is 0 Å². The third-order valence-electron chi connectivity index (χ3n) is 4.42. The summed E-state index contributed by atoms with van der Waals surface area (Å²) in [5, 5.41) is 2.83. The molecule has 6 heteroatoms. The zero-order chi connectivity index (χ0) is 18.5. The summed E-state index contributed by atoms with van der Waals surface area (Å²) in [7, 11) is 0. The number of carbonyl (C=O) groups is 1. The number of hydrogen-bond acceptors (Lipinski definition) is 5. The molecule has 1 atom stereocenters. The Morgan fingerprint density at radius 2 is 1.89 bits per heavy atom. The number of rotatable bonds is 6. The predicted molar refractivity (Wildman–Crippen MR) is 104 cm³/mol. The molecule has 1 amide bonds. The number of fused-ring (bicyclic) bond motifs is 1. The van der Waals surface area contributed by atoms with Crippen LogP contribution in [0.2, 0.25) is 0 Å². The van der Waals surface area contributed by atoms with Crippen molar-refractivity contribution in [3.8, 4) is 11.5 Å². The van der Waals surface area contributed by atoms with E-state index in [1.165, 1.54) is 5.56 Å². The maximum absolute atomic E-state index is 13.2. The monoisotopic (exact) mass is 380 g/mol. The lowest BCUT2D eigenvalue weighted by Gasteiger charge is -2.30. The second-order valence-corrected chi connectivity index (χ2v) is 7.26. The largest absolute Gasteiger partial charge is 0.485 e. The molecule has 0 saturated heterocycles. The lowest BCUT2D eigenvalue weighted by molar-refractivity contribution is -0.141. The molecule has 3 aromatic rings. The van der Waals surface area contributed by atoms with Crippen LogP contribution in [0.15, 0.2) is 66.2 Å². The van der Waals surface area contributed by atoms with E-state index in [0.29, 0.717) is 24.6 Å². The van der Waals surface area contributed by atoms with Crippen molar-refractivity contribution in [2.24, 2.45) is 0 Å². The Hall–Kier alpha value is -2.86. The molecule has 1 aliphatic rings. The molecule has 0 aliphatic carbocycles. The van der Waals surface area contributed by atoms with E-state index in [-0.39, 0.29) is 12.5 Å². The molecule has 5 nitrogen and oxygen atoms in total. The Morgan fingerprint density at radius 3 is 2.67 bits per heavy atom. The molecule has 4 rings (SSSR count). The fourth-order valence-corrected chi connectivity index (χ4v) is 3.65. The van der Waals surface area contributed by atoms with Gasteiger partial charge in [-0.15, -0.1) is 11.3 Å². The van der Waals surface area contributed by atoms with Crippen LogP contribution in [0.3, 0.4) is 0 Å². The molecule has 27 heavy (non-hydrogen) atoms. The average molecular weight is 380 g/mol. The average Bonchev–Trinajstić information content (AvgIpc) is 3.24. The van der Waals surface area contributed by atoms with Gasteiger partial charge in [0, 0.05) is 18.1 Å². The van der Waals surface area contributed by atoms with E-state index in [2.05, 4.69) is 17.1 Å². The third kappa shape index (κ3) is 4.28. The van der Waals surface area contributed by atoms with Gasteiger partial charge in [0.25, 0.3) is 5.91 Å². The molecule has 0 saturated carbocycles. The van der Waals surface area contributed by atoms with Crippen molar-refractivity contribution >= 4 is 17.2 Å². The fraction of sp³-hybridized carbons (Fsp3) is 0.238. The van der Waals surface area contributed by atoms with E-state index in [1.807, 2.05) is 52.7 Å². The van der Waals surface area contributed by atoms with E-state index >= 15 is 0 Å². The van der Waals surface area contributed by atoms with Crippen molar-refractivity contribution in [1.29, 1.82) is 0 Å². The van der Waals surface area contributed by atoms with Crippen molar-refractivity contribution in [3.63, 3.8) is 0 Å². The molecule has 0 radical (unpaired) electrons. The van der Waals surface area contributed by atoms with Crippen molar-refractivity contribution < 1.29 is 14.3 Å². The molecule has 1 aromatic heterocycles. The highest BCUT2D eigenvalue weighted by atomic mass is 32.1. The van der Waals surface area contributed by atoms with Crippen molar-refractivity contribution in [1.82, 2.24) is 9.88 Å². The Kier molecular flexibility index (Phi) is 5.34. The maximum Gasteiger partial charge on any atom is 0.267 e. The van der Waals surface area contributed by atoms with Crippen LogP contribution >= 0.6 is 11.3 Å². The summed E-state index contributed by atoms with van der Waals surface area (Å²) in [6.45, 7) is 1.30. The lowest BCUT2D eigenvalue weighted by atomic mass is 10.1. The Balaban J connectivity index is 1.48. The minimum absolute atomic E-state index is 0.0735. The van der Waals surface area contributed by atoms with E-state index in [4.69, 9.17) is 9.47 Å². The van der Waals surface area contributed by atoms with Crippen LogP contribution < -0.4 is 9.47 Å².